The van der Waals surface area contributed by atoms with Crippen molar-refractivity contribution in [3.05, 3.63) is 212 Å². The lowest BCUT2D eigenvalue weighted by Crippen LogP contribution is -1.96. The summed E-state index contributed by atoms with van der Waals surface area (Å²) in [6.45, 7) is 0. The third kappa shape index (κ3) is 5.54. The molecule has 0 unspecified atom stereocenters. The Bertz CT molecular complexity index is 3170. The average Bonchev–Trinajstić information content (AvgIpc) is 3.82. The van der Waals surface area contributed by atoms with Gasteiger partial charge in [-0.25, -0.2) is 0 Å². The number of benzene rings is 9. The minimum atomic E-state index is 1.14. The van der Waals surface area contributed by atoms with Crippen molar-refractivity contribution in [3.63, 3.8) is 0 Å². The summed E-state index contributed by atoms with van der Waals surface area (Å²) in [5.74, 6) is 0. The topological polar surface area (TPSA) is 4.93 Å². The lowest BCUT2D eigenvalue weighted by atomic mass is 9.93. The van der Waals surface area contributed by atoms with E-state index >= 15 is 0 Å². The monoisotopic (exact) mass is 729 g/mol. The van der Waals surface area contributed by atoms with Crippen LogP contribution >= 0.6 is 11.3 Å². The first kappa shape index (κ1) is 32.4. The van der Waals surface area contributed by atoms with E-state index in [2.05, 4.69) is 217 Å². The van der Waals surface area contributed by atoms with Crippen LogP contribution in [0.4, 0.5) is 0 Å². The average molecular weight is 730 g/mol. The molecular formula is C54H35NS. The lowest BCUT2D eigenvalue weighted by molar-refractivity contribution is 1.18. The number of rotatable bonds is 6. The fraction of sp³-hybridized carbons (Fsp3) is 0. The molecule has 2 heterocycles. The predicted octanol–water partition coefficient (Wildman–Crippen LogP) is 15.5. The van der Waals surface area contributed by atoms with Gasteiger partial charge < -0.3 is 4.57 Å². The van der Waals surface area contributed by atoms with Crippen LogP contribution in [0, 0.1) is 0 Å². The normalized spacial score (nSPS) is 11.6. The van der Waals surface area contributed by atoms with E-state index in [1.165, 1.54) is 97.6 Å². The molecule has 0 aliphatic rings. The van der Waals surface area contributed by atoms with Crippen LogP contribution in [0.15, 0.2) is 212 Å². The molecule has 56 heavy (non-hydrogen) atoms. The zero-order chi connectivity index (χ0) is 37.0. The van der Waals surface area contributed by atoms with Gasteiger partial charge in [0, 0.05) is 42.2 Å². The molecule has 11 aromatic rings. The third-order valence-electron chi connectivity index (χ3n) is 11.2. The molecule has 0 saturated carbocycles. The minimum Gasteiger partial charge on any atom is -0.309 e. The maximum atomic E-state index is 2.48. The molecule has 2 heteroatoms. The summed E-state index contributed by atoms with van der Waals surface area (Å²) in [4.78, 5) is 0. The molecule has 2 aromatic heterocycles. The third-order valence-corrected chi connectivity index (χ3v) is 12.3. The highest BCUT2D eigenvalue weighted by atomic mass is 32.1. The van der Waals surface area contributed by atoms with E-state index < -0.39 is 0 Å². The van der Waals surface area contributed by atoms with Crippen LogP contribution in [-0.2, 0) is 0 Å². The second-order valence-electron chi connectivity index (χ2n) is 14.5. The summed E-state index contributed by atoms with van der Waals surface area (Å²) in [5, 5.41) is 5.11. The fourth-order valence-electron chi connectivity index (χ4n) is 8.49. The van der Waals surface area contributed by atoms with Crippen molar-refractivity contribution in [3.8, 4) is 61.3 Å². The van der Waals surface area contributed by atoms with Crippen molar-refractivity contribution in [2.24, 2.45) is 0 Å². The summed E-state index contributed by atoms with van der Waals surface area (Å²) in [5.41, 5.74) is 15.7. The van der Waals surface area contributed by atoms with E-state index in [0.717, 1.165) is 5.69 Å². The Morgan fingerprint density at radius 2 is 0.768 bits per heavy atom. The zero-order valence-corrected chi connectivity index (χ0v) is 31.4. The highest BCUT2D eigenvalue weighted by molar-refractivity contribution is 7.25. The Labute approximate surface area is 330 Å². The first-order chi connectivity index (χ1) is 27.7. The van der Waals surface area contributed by atoms with E-state index in [1.807, 2.05) is 11.3 Å². The lowest BCUT2D eigenvalue weighted by Gasteiger charge is -2.15. The Kier molecular flexibility index (Phi) is 7.75. The van der Waals surface area contributed by atoms with Crippen LogP contribution in [0.25, 0.3) is 103 Å². The number of nitrogens with zero attached hydrogens (tertiary/aromatic N) is 1. The quantitative estimate of drug-likeness (QED) is 0.161. The Morgan fingerprint density at radius 3 is 1.43 bits per heavy atom. The first-order valence-electron chi connectivity index (χ1n) is 19.2. The smallest absolute Gasteiger partial charge is 0.0619 e. The van der Waals surface area contributed by atoms with Crippen LogP contribution in [0.2, 0.25) is 0 Å². The van der Waals surface area contributed by atoms with Crippen molar-refractivity contribution in [2.75, 3.05) is 0 Å². The summed E-state index contributed by atoms with van der Waals surface area (Å²) in [7, 11) is 0. The van der Waals surface area contributed by atoms with Gasteiger partial charge in [-0.1, -0.05) is 152 Å². The number of fused-ring (bicyclic) bond motifs is 6. The van der Waals surface area contributed by atoms with Crippen LogP contribution in [-0.4, -0.2) is 4.57 Å². The van der Waals surface area contributed by atoms with E-state index in [1.54, 1.807) is 0 Å². The summed E-state index contributed by atoms with van der Waals surface area (Å²) in [6.07, 6.45) is 0. The second-order valence-corrected chi connectivity index (χ2v) is 15.6. The molecule has 0 aliphatic carbocycles. The molecule has 0 radical (unpaired) electrons. The molecule has 0 atom stereocenters. The Hall–Kier alpha value is -7.00. The van der Waals surface area contributed by atoms with Gasteiger partial charge in [-0.05, 0) is 111 Å². The van der Waals surface area contributed by atoms with Gasteiger partial charge in [-0.15, -0.1) is 11.3 Å². The van der Waals surface area contributed by atoms with Crippen molar-refractivity contribution in [1.82, 2.24) is 4.57 Å². The van der Waals surface area contributed by atoms with Gasteiger partial charge in [-0.2, -0.15) is 0 Å². The maximum Gasteiger partial charge on any atom is 0.0619 e. The molecule has 11 rings (SSSR count). The molecule has 1 nitrogen and oxygen atoms in total. The Balaban J connectivity index is 1.10. The summed E-state index contributed by atoms with van der Waals surface area (Å²) in [6, 6.07) is 77.7. The summed E-state index contributed by atoms with van der Waals surface area (Å²) >= 11 is 1.87. The molecule has 0 bridgehead atoms. The highest BCUT2D eigenvalue weighted by Gasteiger charge is 2.18. The van der Waals surface area contributed by atoms with Crippen LogP contribution in [0.3, 0.4) is 0 Å². The van der Waals surface area contributed by atoms with Crippen LogP contribution < -0.4 is 0 Å². The molecule has 0 amide bonds. The molecule has 0 fully saturated rings. The van der Waals surface area contributed by atoms with Gasteiger partial charge >= 0.3 is 0 Å². The van der Waals surface area contributed by atoms with Crippen LogP contribution in [0.5, 0.6) is 0 Å². The van der Waals surface area contributed by atoms with Crippen molar-refractivity contribution < 1.29 is 0 Å². The van der Waals surface area contributed by atoms with Gasteiger partial charge in [0.1, 0.15) is 0 Å². The van der Waals surface area contributed by atoms with E-state index in [9.17, 15) is 0 Å². The molecule has 262 valence electrons. The molecule has 0 spiro atoms. The largest absolute Gasteiger partial charge is 0.309 e. The van der Waals surface area contributed by atoms with Gasteiger partial charge in [0.05, 0.1) is 11.0 Å². The standard InChI is InChI=1S/C54H35NS/c1-4-14-36(15-5-1)40-26-28-52-49(34-40)50-35-41(27-29-53(50)56-52)46-23-13-24-48-47-22-10-11-25-51(47)55(54(46)48)45-21-12-20-39(33-45)44-31-42(37-16-6-2-7-17-37)30-43(32-44)38-18-8-3-9-19-38/h1-35H. The molecule has 9 aromatic carbocycles. The van der Waals surface area contributed by atoms with Gasteiger partial charge in [-0.3, -0.25) is 0 Å². The SMILES string of the molecule is c1ccc(-c2cc(-c3ccccc3)cc(-c3cccc(-n4c5ccccc5c5cccc(-c6ccc7sc8ccc(-c9ccccc9)cc8c7c6)c54)c3)c2)cc1. The Morgan fingerprint density at radius 1 is 0.286 bits per heavy atom. The van der Waals surface area contributed by atoms with Crippen molar-refractivity contribution in [2.45, 2.75) is 0 Å². The van der Waals surface area contributed by atoms with Crippen molar-refractivity contribution >= 4 is 53.3 Å². The van der Waals surface area contributed by atoms with Gasteiger partial charge in [0.2, 0.25) is 0 Å². The number of hydrogen-bond acceptors (Lipinski definition) is 1. The highest BCUT2D eigenvalue weighted by Crippen LogP contribution is 2.43. The summed E-state index contributed by atoms with van der Waals surface area (Å²) < 4.78 is 5.10. The molecule has 0 N–H and O–H groups in total. The van der Waals surface area contributed by atoms with Crippen molar-refractivity contribution in [1.29, 1.82) is 0 Å². The van der Waals surface area contributed by atoms with Crippen LogP contribution in [0.1, 0.15) is 0 Å². The maximum absolute atomic E-state index is 2.48. The van der Waals surface area contributed by atoms with E-state index in [4.69, 9.17) is 0 Å². The molecule has 0 saturated heterocycles. The first-order valence-corrected chi connectivity index (χ1v) is 20.0. The fourth-order valence-corrected chi connectivity index (χ4v) is 9.55. The second kappa shape index (κ2) is 13.4. The number of para-hydroxylation sites is 2. The minimum absolute atomic E-state index is 1.14. The number of thiophene rings is 1. The number of aromatic nitrogens is 1. The van der Waals surface area contributed by atoms with E-state index in [-0.39, 0.29) is 0 Å². The van der Waals surface area contributed by atoms with Gasteiger partial charge in [0.25, 0.3) is 0 Å². The molecular weight excluding hydrogens is 695 g/mol. The predicted molar refractivity (Wildman–Crippen MR) is 241 cm³/mol. The molecule has 0 aliphatic heterocycles. The van der Waals surface area contributed by atoms with E-state index in [0.29, 0.717) is 0 Å². The zero-order valence-electron chi connectivity index (χ0n) is 30.6. The van der Waals surface area contributed by atoms with Gasteiger partial charge in [0.15, 0.2) is 0 Å². The number of hydrogen-bond donors (Lipinski definition) is 0.